The summed E-state index contributed by atoms with van der Waals surface area (Å²) in [6.45, 7) is 2.38. The molecule has 1 aliphatic rings. The van der Waals surface area contributed by atoms with Gasteiger partial charge in [-0.3, -0.25) is 9.59 Å². The molecule has 0 unspecified atom stereocenters. The first-order valence-corrected chi connectivity index (χ1v) is 9.50. The fourth-order valence-corrected chi connectivity index (χ4v) is 4.25. The molecule has 1 saturated carbocycles. The number of aryl methyl sites for hydroxylation is 1. The van der Waals surface area contributed by atoms with Crippen LogP contribution in [0.25, 0.3) is 0 Å². The third kappa shape index (κ3) is 4.15. The van der Waals surface area contributed by atoms with Crippen molar-refractivity contribution in [3.05, 3.63) is 56.6 Å². The zero-order valence-corrected chi connectivity index (χ0v) is 14.8. The number of thiazole rings is 1. The predicted octanol–water partition coefficient (Wildman–Crippen LogP) is 3.45. The van der Waals surface area contributed by atoms with Gasteiger partial charge in [0, 0.05) is 30.1 Å². The molecule has 5 heteroatoms. The van der Waals surface area contributed by atoms with Gasteiger partial charge in [-0.1, -0.05) is 41.7 Å². The number of nitrogens with one attached hydrogen (secondary N) is 1. The summed E-state index contributed by atoms with van der Waals surface area (Å²) in [7, 11) is 0. The SMILES string of the molecule is Cc1csc(=O)n1CCC(=O)NC1CCC(c2ccccc2)CC1. The van der Waals surface area contributed by atoms with E-state index in [2.05, 4.69) is 35.6 Å². The van der Waals surface area contributed by atoms with Crippen LogP contribution < -0.4 is 10.2 Å². The van der Waals surface area contributed by atoms with Crippen LogP contribution in [-0.4, -0.2) is 16.5 Å². The third-order valence-electron chi connectivity index (χ3n) is 4.90. The Balaban J connectivity index is 1.44. The Labute approximate surface area is 146 Å². The average Bonchev–Trinajstić information content (AvgIpc) is 2.93. The normalized spacial score (nSPS) is 20.7. The second-order valence-corrected chi connectivity index (χ2v) is 7.39. The molecule has 3 rings (SSSR count). The highest BCUT2D eigenvalue weighted by atomic mass is 32.1. The minimum atomic E-state index is 0.0173. The molecule has 0 saturated heterocycles. The Morgan fingerprint density at radius 3 is 2.54 bits per heavy atom. The van der Waals surface area contributed by atoms with Crippen LogP contribution in [0, 0.1) is 6.92 Å². The van der Waals surface area contributed by atoms with Crippen LogP contribution in [0.2, 0.25) is 0 Å². The van der Waals surface area contributed by atoms with Crippen molar-refractivity contribution < 1.29 is 4.79 Å². The van der Waals surface area contributed by atoms with Crippen molar-refractivity contribution in [2.24, 2.45) is 0 Å². The lowest BCUT2D eigenvalue weighted by Crippen LogP contribution is -2.38. The van der Waals surface area contributed by atoms with Gasteiger partial charge in [0.05, 0.1) is 0 Å². The molecule has 1 N–H and O–H groups in total. The summed E-state index contributed by atoms with van der Waals surface area (Å²) >= 11 is 1.19. The van der Waals surface area contributed by atoms with E-state index >= 15 is 0 Å². The molecule has 1 heterocycles. The molecule has 0 radical (unpaired) electrons. The van der Waals surface area contributed by atoms with Crippen LogP contribution in [0.15, 0.2) is 40.5 Å². The molecule has 1 amide bonds. The minimum absolute atomic E-state index is 0.0173. The Hall–Kier alpha value is -1.88. The lowest BCUT2D eigenvalue weighted by molar-refractivity contribution is -0.122. The second-order valence-electron chi connectivity index (χ2n) is 6.57. The lowest BCUT2D eigenvalue weighted by atomic mass is 9.82. The Morgan fingerprint density at radius 1 is 1.21 bits per heavy atom. The van der Waals surface area contributed by atoms with Gasteiger partial charge in [0.25, 0.3) is 0 Å². The van der Waals surface area contributed by atoms with Crippen LogP contribution in [0.5, 0.6) is 0 Å². The molecule has 1 aliphatic carbocycles. The van der Waals surface area contributed by atoms with Gasteiger partial charge < -0.3 is 9.88 Å². The highest BCUT2D eigenvalue weighted by Crippen LogP contribution is 2.32. The molecular weight excluding hydrogens is 320 g/mol. The van der Waals surface area contributed by atoms with Gasteiger partial charge >= 0.3 is 4.87 Å². The van der Waals surface area contributed by atoms with Crippen molar-refractivity contribution in [1.82, 2.24) is 9.88 Å². The topological polar surface area (TPSA) is 51.1 Å². The van der Waals surface area contributed by atoms with Crippen LogP contribution in [0.3, 0.4) is 0 Å². The average molecular weight is 344 g/mol. The summed E-state index contributed by atoms with van der Waals surface area (Å²) in [5.41, 5.74) is 2.34. The monoisotopic (exact) mass is 344 g/mol. The number of nitrogens with zero attached hydrogens (tertiary/aromatic N) is 1. The van der Waals surface area contributed by atoms with Gasteiger partial charge in [-0.05, 0) is 44.1 Å². The number of hydrogen-bond acceptors (Lipinski definition) is 3. The highest BCUT2D eigenvalue weighted by Gasteiger charge is 2.23. The van der Waals surface area contributed by atoms with Gasteiger partial charge in [0.1, 0.15) is 0 Å². The molecule has 0 bridgehead atoms. The molecule has 24 heavy (non-hydrogen) atoms. The van der Waals surface area contributed by atoms with E-state index in [1.54, 1.807) is 4.57 Å². The number of rotatable bonds is 5. The first-order chi connectivity index (χ1) is 11.6. The molecule has 1 aromatic heterocycles. The van der Waals surface area contributed by atoms with Crippen molar-refractivity contribution in [3.63, 3.8) is 0 Å². The summed E-state index contributed by atoms with van der Waals surface area (Å²) in [5.74, 6) is 0.669. The van der Waals surface area contributed by atoms with E-state index in [-0.39, 0.29) is 16.8 Å². The maximum absolute atomic E-state index is 12.2. The third-order valence-corrected chi connectivity index (χ3v) is 5.78. The first-order valence-electron chi connectivity index (χ1n) is 8.62. The summed E-state index contributed by atoms with van der Waals surface area (Å²) < 4.78 is 1.68. The van der Waals surface area contributed by atoms with Gasteiger partial charge in [-0.25, -0.2) is 0 Å². The molecule has 1 aromatic carbocycles. The van der Waals surface area contributed by atoms with Gasteiger partial charge in [0.15, 0.2) is 0 Å². The van der Waals surface area contributed by atoms with Gasteiger partial charge in [-0.2, -0.15) is 0 Å². The van der Waals surface area contributed by atoms with Crippen molar-refractivity contribution in [2.45, 2.75) is 57.5 Å². The minimum Gasteiger partial charge on any atom is -0.353 e. The molecular formula is C19H24N2O2S. The quantitative estimate of drug-likeness (QED) is 0.903. The maximum Gasteiger partial charge on any atom is 0.307 e. The van der Waals surface area contributed by atoms with Crippen LogP contribution in [-0.2, 0) is 11.3 Å². The highest BCUT2D eigenvalue weighted by molar-refractivity contribution is 7.07. The fraction of sp³-hybridized carbons (Fsp3) is 0.474. The van der Waals surface area contributed by atoms with E-state index in [4.69, 9.17) is 0 Å². The first kappa shape index (κ1) is 17.0. The standard InChI is InChI=1S/C19H24N2O2S/c1-14-13-24-19(23)21(14)12-11-18(22)20-17-9-7-16(8-10-17)15-5-3-2-4-6-15/h2-6,13,16-17H,7-12H2,1H3,(H,20,22). The number of aromatic nitrogens is 1. The Kier molecular flexibility index (Phi) is 5.51. The second kappa shape index (κ2) is 7.79. The fourth-order valence-electron chi connectivity index (χ4n) is 3.48. The van der Waals surface area contributed by atoms with E-state index in [0.29, 0.717) is 18.9 Å². The largest absolute Gasteiger partial charge is 0.353 e. The molecule has 0 spiro atoms. The zero-order chi connectivity index (χ0) is 16.9. The summed E-state index contributed by atoms with van der Waals surface area (Å²) in [4.78, 5) is 23.8. The summed E-state index contributed by atoms with van der Waals surface area (Å²) in [5, 5.41) is 4.98. The van der Waals surface area contributed by atoms with Crippen LogP contribution >= 0.6 is 11.3 Å². The van der Waals surface area contributed by atoms with Crippen molar-refractivity contribution >= 4 is 17.2 Å². The van der Waals surface area contributed by atoms with Crippen LogP contribution in [0.1, 0.15) is 49.3 Å². The number of hydrogen-bond donors (Lipinski definition) is 1. The summed E-state index contributed by atoms with van der Waals surface area (Å²) in [6, 6.07) is 10.9. The molecule has 128 valence electrons. The summed E-state index contributed by atoms with van der Waals surface area (Å²) in [6.07, 6.45) is 4.68. The number of benzene rings is 1. The van der Waals surface area contributed by atoms with Gasteiger partial charge in [0.2, 0.25) is 5.91 Å². The van der Waals surface area contributed by atoms with Crippen molar-refractivity contribution in [1.29, 1.82) is 0 Å². The molecule has 0 aliphatic heterocycles. The van der Waals surface area contributed by atoms with E-state index in [0.717, 1.165) is 31.4 Å². The van der Waals surface area contributed by atoms with Gasteiger partial charge in [-0.15, -0.1) is 0 Å². The molecule has 0 atom stereocenters. The van der Waals surface area contributed by atoms with Crippen LogP contribution in [0.4, 0.5) is 0 Å². The lowest BCUT2D eigenvalue weighted by Gasteiger charge is -2.29. The Morgan fingerprint density at radius 2 is 1.92 bits per heavy atom. The Bertz CT molecular complexity index is 727. The number of amides is 1. The van der Waals surface area contributed by atoms with E-state index < -0.39 is 0 Å². The molecule has 4 nitrogen and oxygen atoms in total. The van der Waals surface area contributed by atoms with E-state index in [1.165, 1.54) is 16.9 Å². The maximum atomic E-state index is 12.2. The smallest absolute Gasteiger partial charge is 0.307 e. The molecule has 1 fully saturated rings. The van der Waals surface area contributed by atoms with Crippen molar-refractivity contribution in [2.75, 3.05) is 0 Å². The zero-order valence-electron chi connectivity index (χ0n) is 14.0. The van der Waals surface area contributed by atoms with E-state index in [9.17, 15) is 9.59 Å². The van der Waals surface area contributed by atoms with Crippen molar-refractivity contribution in [3.8, 4) is 0 Å². The number of carbonyl (C=O) groups is 1. The molecule has 2 aromatic rings. The van der Waals surface area contributed by atoms with E-state index in [1.807, 2.05) is 12.3 Å². The predicted molar refractivity (Wildman–Crippen MR) is 97.5 cm³/mol. The number of carbonyl (C=O) groups excluding carboxylic acids is 1.